The van der Waals surface area contributed by atoms with Crippen molar-refractivity contribution >= 4 is 23.2 Å². The number of nitrogens with one attached hydrogen (secondary N) is 2. The standard InChI is InChI=1S/C19H22ClN3O2/c1-13-9-15(6-8-22-13)19(24)23-16-4-5-18(17(20)10-16)25-12-14-3-2-7-21-11-14/h2-5,7,10-11,13,15,22H,6,8-9,12H2,1H3,(H,23,24)/t13-,15-/m0/s1. The molecule has 132 valence electrons. The van der Waals surface area contributed by atoms with Gasteiger partial charge in [-0.2, -0.15) is 0 Å². The van der Waals surface area contributed by atoms with Crippen LogP contribution in [0, 0.1) is 5.92 Å². The van der Waals surface area contributed by atoms with Crippen molar-refractivity contribution in [2.75, 3.05) is 11.9 Å². The minimum atomic E-state index is 0.0385. The Bertz CT molecular complexity index is 724. The number of halogens is 1. The van der Waals surface area contributed by atoms with Crippen LogP contribution in [0.1, 0.15) is 25.3 Å². The number of nitrogens with zero attached hydrogens (tertiary/aromatic N) is 1. The average Bonchev–Trinajstić information content (AvgIpc) is 2.62. The number of hydrogen-bond acceptors (Lipinski definition) is 4. The summed E-state index contributed by atoms with van der Waals surface area (Å²) in [6.07, 6.45) is 5.18. The average molecular weight is 360 g/mol. The second-order valence-corrected chi connectivity index (χ2v) is 6.77. The molecule has 2 atom stereocenters. The van der Waals surface area contributed by atoms with Gasteiger partial charge in [-0.15, -0.1) is 0 Å². The van der Waals surface area contributed by atoms with E-state index in [1.807, 2.05) is 18.2 Å². The van der Waals surface area contributed by atoms with Gasteiger partial charge < -0.3 is 15.4 Å². The predicted octanol–water partition coefficient (Wildman–Crippen LogP) is 3.64. The highest BCUT2D eigenvalue weighted by Crippen LogP contribution is 2.29. The molecule has 2 heterocycles. The van der Waals surface area contributed by atoms with Gasteiger partial charge in [0.15, 0.2) is 0 Å². The first-order valence-corrected chi connectivity index (χ1v) is 8.85. The minimum Gasteiger partial charge on any atom is -0.487 e. The Hall–Kier alpha value is -2.11. The van der Waals surface area contributed by atoms with E-state index in [9.17, 15) is 4.79 Å². The van der Waals surface area contributed by atoms with E-state index < -0.39 is 0 Å². The zero-order valence-corrected chi connectivity index (χ0v) is 14.9. The molecule has 25 heavy (non-hydrogen) atoms. The molecular weight excluding hydrogens is 338 g/mol. The monoisotopic (exact) mass is 359 g/mol. The summed E-state index contributed by atoms with van der Waals surface area (Å²) in [4.78, 5) is 16.5. The highest BCUT2D eigenvalue weighted by molar-refractivity contribution is 6.32. The molecule has 0 unspecified atom stereocenters. The molecular formula is C19H22ClN3O2. The molecule has 1 aromatic carbocycles. The van der Waals surface area contributed by atoms with Crippen molar-refractivity contribution in [3.05, 3.63) is 53.3 Å². The van der Waals surface area contributed by atoms with Gasteiger partial charge >= 0.3 is 0 Å². The first kappa shape index (κ1) is 17.7. The Kier molecular flexibility index (Phi) is 5.89. The van der Waals surface area contributed by atoms with Crippen LogP contribution < -0.4 is 15.4 Å². The highest BCUT2D eigenvalue weighted by Gasteiger charge is 2.24. The highest BCUT2D eigenvalue weighted by atomic mass is 35.5. The van der Waals surface area contributed by atoms with Gasteiger partial charge in [0.05, 0.1) is 5.02 Å². The van der Waals surface area contributed by atoms with E-state index in [4.69, 9.17) is 16.3 Å². The summed E-state index contributed by atoms with van der Waals surface area (Å²) in [5, 5.41) is 6.78. The van der Waals surface area contributed by atoms with E-state index in [0.717, 1.165) is 24.9 Å². The molecule has 0 aliphatic carbocycles. The number of anilines is 1. The number of amides is 1. The van der Waals surface area contributed by atoms with E-state index in [0.29, 0.717) is 29.1 Å². The van der Waals surface area contributed by atoms with Crippen LogP contribution in [0.25, 0.3) is 0 Å². The SMILES string of the molecule is C[C@H]1C[C@@H](C(=O)Nc2ccc(OCc3cccnc3)c(Cl)c2)CCN1. The molecule has 0 radical (unpaired) electrons. The zero-order valence-electron chi connectivity index (χ0n) is 14.2. The smallest absolute Gasteiger partial charge is 0.227 e. The molecule has 1 amide bonds. The van der Waals surface area contributed by atoms with Crippen molar-refractivity contribution < 1.29 is 9.53 Å². The number of rotatable bonds is 5. The molecule has 1 aliphatic heterocycles. The lowest BCUT2D eigenvalue weighted by Gasteiger charge is -2.27. The van der Waals surface area contributed by atoms with Crippen LogP contribution in [-0.2, 0) is 11.4 Å². The molecule has 5 nitrogen and oxygen atoms in total. The number of carbonyl (C=O) groups excluding carboxylic acids is 1. The summed E-state index contributed by atoms with van der Waals surface area (Å²) in [5.74, 6) is 0.670. The number of ether oxygens (including phenoxy) is 1. The quantitative estimate of drug-likeness (QED) is 0.855. The van der Waals surface area contributed by atoms with Crippen LogP contribution >= 0.6 is 11.6 Å². The summed E-state index contributed by atoms with van der Waals surface area (Å²) in [6, 6.07) is 9.49. The summed E-state index contributed by atoms with van der Waals surface area (Å²) < 4.78 is 5.72. The minimum absolute atomic E-state index is 0.0385. The van der Waals surface area contributed by atoms with Gasteiger partial charge in [0.25, 0.3) is 0 Å². The van der Waals surface area contributed by atoms with Gasteiger partial charge in [0.2, 0.25) is 5.91 Å². The van der Waals surface area contributed by atoms with Crippen molar-refractivity contribution in [2.24, 2.45) is 5.92 Å². The van der Waals surface area contributed by atoms with Crippen molar-refractivity contribution in [1.29, 1.82) is 0 Å². The molecule has 0 saturated carbocycles. The lowest BCUT2D eigenvalue weighted by Crippen LogP contribution is -2.40. The molecule has 1 fully saturated rings. The maximum Gasteiger partial charge on any atom is 0.227 e. The van der Waals surface area contributed by atoms with E-state index >= 15 is 0 Å². The number of aromatic nitrogens is 1. The molecule has 0 bridgehead atoms. The second-order valence-electron chi connectivity index (χ2n) is 6.36. The fourth-order valence-corrected chi connectivity index (χ4v) is 3.19. The molecule has 1 aromatic heterocycles. The van der Waals surface area contributed by atoms with E-state index in [2.05, 4.69) is 22.5 Å². The molecule has 6 heteroatoms. The third-order valence-electron chi connectivity index (χ3n) is 4.31. The van der Waals surface area contributed by atoms with Gasteiger partial charge in [-0.3, -0.25) is 9.78 Å². The molecule has 0 spiro atoms. The molecule has 2 aromatic rings. The summed E-state index contributed by atoms with van der Waals surface area (Å²) in [5.41, 5.74) is 1.66. The Morgan fingerprint density at radius 2 is 2.32 bits per heavy atom. The third kappa shape index (κ3) is 4.94. The maximum absolute atomic E-state index is 12.4. The van der Waals surface area contributed by atoms with Crippen LogP contribution in [0.15, 0.2) is 42.7 Å². The van der Waals surface area contributed by atoms with Crippen LogP contribution in [-0.4, -0.2) is 23.5 Å². The van der Waals surface area contributed by atoms with E-state index in [1.54, 1.807) is 24.5 Å². The van der Waals surface area contributed by atoms with Crippen LogP contribution in [0.3, 0.4) is 0 Å². The molecule has 1 saturated heterocycles. The number of hydrogen-bond donors (Lipinski definition) is 2. The second kappa shape index (κ2) is 8.32. The third-order valence-corrected chi connectivity index (χ3v) is 4.61. The molecule has 3 rings (SSSR count). The van der Waals surface area contributed by atoms with Gasteiger partial charge in [-0.25, -0.2) is 0 Å². The zero-order chi connectivity index (χ0) is 17.6. The molecule has 2 N–H and O–H groups in total. The number of carbonyl (C=O) groups is 1. The maximum atomic E-state index is 12.4. The largest absolute Gasteiger partial charge is 0.487 e. The predicted molar refractivity (Wildman–Crippen MR) is 98.8 cm³/mol. The Morgan fingerprint density at radius 1 is 1.44 bits per heavy atom. The van der Waals surface area contributed by atoms with Gasteiger partial charge in [-0.05, 0) is 50.6 Å². The van der Waals surface area contributed by atoms with E-state index in [-0.39, 0.29) is 11.8 Å². The topological polar surface area (TPSA) is 63.2 Å². The lowest BCUT2D eigenvalue weighted by molar-refractivity contribution is -0.120. The van der Waals surface area contributed by atoms with Gasteiger partial charge in [0.1, 0.15) is 12.4 Å². The van der Waals surface area contributed by atoms with Gasteiger partial charge in [-0.1, -0.05) is 17.7 Å². The summed E-state index contributed by atoms with van der Waals surface area (Å²) in [6.45, 7) is 3.37. The Morgan fingerprint density at radius 3 is 3.04 bits per heavy atom. The van der Waals surface area contributed by atoms with E-state index in [1.165, 1.54) is 0 Å². The van der Waals surface area contributed by atoms with Crippen LogP contribution in [0.2, 0.25) is 5.02 Å². The fourth-order valence-electron chi connectivity index (χ4n) is 2.95. The summed E-state index contributed by atoms with van der Waals surface area (Å²) in [7, 11) is 0. The number of pyridine rings is 1. The van der Waals surface area contributed by atoms with Crippen molar-refractivity contribution in [2.45, 2.75) is 32.4 Å². The Balaban J connectivity index is 1.58. The number of piperidine rings is 1. The first-order valence-electron chi connectivity index (χ1n) is 8.47. The summed E-state index contributed by atoms with van der Waals surface area (Å²) >= 11 is 6.29. The van der Waals surface area contributed by atoms with Crippen molar-refractivity contribution in [3.8, 4) is 5.75 Å². The number of benzene rings is 1. The Labute approximate surface area is 152 Å². The van der Waals surface area contributed by atoms with Crippen LogP contribution in [0.4, 0.5) is 5.69 Å². The van der Waals surface area contributed by atoms with Gasteiger partial charge in [0, 0.05) is 35.6 Å². The molecule has 1 aliphatic rings. The van der Waals surface area contributed by atoms with Crippen molar-refractivity contribution in [1.82, 2.24) is 10.3 Å². The fraction of sp³-hybridized carbons (Fsp3) is 0.368. The first-order chi connectivity index (χ1) is 12.1. The normalized spacial score (nSPS) is 20.1. The van der Waals surface area contributed by atoms with Crippen LogP contribution in [0.5, 0.6) is 5.75 Å². The lowest BCUT2D eigenvalue weighted by atomic mass is 9.92. The van der Waals surface area contributed by atoms with Crippen molar-refractivity contribution in [3.63, 3.8) is 0 Å².